The summed E-state index contributed by atoms with van der Waals surface area (Å²) in [5.74, 6) is -2.12. The Morgan fingerprint density at radius 1 is 0.536 bits per heavy atom. The first-order chi connectivity index (χ1) is 33.5. The molecule has 5 atom stereocenters. The van der Waals surface area contributed by atoms with E-state index in [0.717, 1.165) is 49.7 Å². The van der Waals surface area contributed by atoms with Gasteiger partial charge in [0.15, 0.2) is 30.1 Å². The molecule has 4 aromatic rings. The lowest BCUT2D eigenvalue weighted by Crippen LogP contribution is -2.62. The molecule has 1 aliphatic rings. The van der Waals surface area contributed by atoms with Gasteiger partial charge in [-0.15, -0.1) is 0 Å². The number of hydrogen-bond donors (Lipinski definition) is 1. The Balaban J connectivity index is 1.32. The van der Waals surface area contributed by atoms with Crippen LogP contribution in [-0.4, -0.2) is 73.0 Å². The van der Waals surface area contributed by atoms with Gasteiger partial charge in [-0.3, -0.25) is 23.7 Å². The number of esters is 2. The zero-order valence-corrected chi connectivity index (χ0v) is 41.4. The van der Waals surface area contributed by atoms with Crippen molar-refractivity contribution in [2.24, 2.45) is 0 Å². The van der Waals surface area contributed by atoms with Crippen molar-refractivity contribution in [3.05, 3.63) is 131 Å². The second-order valence-corrected chi connectivity index (χ2v) is 18.9. The van der Waals surface area contributed by atoms with Crippen LogP contribution in [0, 0.1) is 0 Å². The number of para-hydroxylation sites is 2. The van der Waals surface area contributed by atoms with Gasteiger partial charge in [-0.25, -0.2) is 4.57 Å². The van der Waals surface area contributed by atoms with Crippen LogP contribution in [0.5, 0.6) is 11.5 Å². The van der Waals surface area contributed by atoms with Gasteiger partial charge < -0.3 is 33.1 Å². The van der Waals surface area contributed by atoms with E-state index in [1.807, 2.05) is 24.3 Å². The summed E-state index contributed by atoms with van der Waals surface area (Å²) < 4.78 is 56.2. The first kappa shape index (κ1) is 54.8. The average Bonchev–Trinajstić information content (AvgIpc) is 3.36. The summed E-state index contributed by atoms with van der Waals surface area (Å²) in [7, 11) is -3.52. The SMILES string of the molecule is CCCCCCCCc1ccc(C(=O)CCC(=O)O[C@@H]2[C@@H](OC(=O)CCC(=O)c3ccc(CCCCCCCC)cc3)[C@@H](OC)O[C@H](CO)[C@H]2OP(=O)(Oc2ccccc2)Oc2ccccc2)cc1. The van der Waals surface area contributed by atoms with Crippen molar-refractivity contribution < 1.29 is 61.4 Å². The lowest BCUT2D eigenvalue weighted by atomic mass is 9.98. The smallest absolute Gasteiger partial charge is 0.455 e. The maximum absolute atomic E-state index is 14.8. The van der Waals surface area contributed by atoms with Crippen molar-refractivity contribution in [2.45, 2.75) is 160 Å². The highest BCUT2D eigenvalue weighted by molar-refractivity contribution is 7.49. The number of benzene rings is 4. The molecule has 0 spiro atoms. The fourth-order valence-electron chi connectivity index (χ4n) is 8.11. The molecule has 0 aliphatic carbocycles. The molecule has 1 fully saturated rings. The van der Waals surface area contributed by atoms with Crippen molar-refractivity contribution in [1.29, 1.82) is 0 Å². The minimum atomic E-state index is -4.78. The van der Waals surface area contributed by atoms with E-state index in [1.54, 1.807) is 60.7 Å². The third-order valence-corrected chi connectivity index (χ3v) is 13.4. The standard InChI is InChI=1S/C55H71O13P/c1-4-6-8-10-12-16-22-41-28-32-43(33-29-41)47(57)36-38-50(59)64-53-52(68-69(61,66-45-24-18-14-19-25-45)67-46-26-20-15-21-27-46)49(40-56)63-55(62-3)54(53)65-51(60)39-37-48(58)44-34-30-42(31-35-44)23-17-13-11-9-7-5-2/h14-15,18-21,24-35,49,52-56H,4-13,16-17,22-23,36-40H2,1-3H3/t49-,52-,53+,54-,55+/m1/s1. The molecule has 5 rings (SSSR count). The average molecular weight is 971 g/mol. The Labute approximate surface area is 408 Å². The third kappa shape index (κ3) is 18.6. The number of aliphatic hydroxyl groups is 1. The number of carbonyl (C=O) groups is 4. The van der Waals surface area contributed by atoms with E-state index < -0.39 is 63.5 Å². The number of unbranched alkanes of at least 4 members (excludes halogenated alkanes) is 10. The van der Waals surface area contributed by atoms with Crippen molar-refractivity contribution in [1.82, 2.24) is 0 Å². The molecule has 0 radical (unpaired) electrons. The van der Waals surface area contributed by atoms with Gasteiger partial charge in [0.05, 0.1) is 19.4 Å². The van der Waals surface area contributed by atoms with Crippen LogP contribution in [0.15, 0.2) is 109 Å². The topological polar surface area (TPSA) is 170 Å². The molecule has 14 heteroatoms. The van der Waals surface area contributed by atoms with Crippen LogP contribution >= 0.6 is 7.82 Å². The van der Waals surface area contributed by atoms with Crippen LogP contribution in [-0.2, 0) is 50.5 Å². The predicted octanol–water partition coefficient (Wildman–Crippen LogP) is 12.0. The molecule has 0 saturated carbocycles. The fraction of sp³-hybridized carbons (Fsp3) is 0.491. The quantitative estimate of drug-likeness (QED) is 0.0212. The van der Waals surface area contributed by atoms with Gasteiger partial charge in [0.2, 0.25) is 0 Å². The lowest BCUT2D eigenvalue weighted by molar-refractivity contribution is -0.297. The maximum atomic E-state index is 14.8. The van der Waals surface area contributed by atoms with Crippen LogP contribution in [0.1, 0.15) is 148 Å². The Hall–Kier alpha value is -5.17. The first-order valence-electron chi connectivity index (χ1n) is 24.7. The second-order valence-electron chi connectivity index (χ2n) is 17.5. The molecule has 13 nitrogen and oxygen atoms in total. The Kier molecular flexibility index (Phi) is 23.6. The van der Waals surface area contributed by atoms with E-state index in [9.17, 15) is 28.8 Å². The van der Waals surface area contributed by atoms with Gasteiger partial charge in [0.25, 0.3) is 0 Å². The summed E-state index contributed by atoms with van der Waals surface area (Å²) in [6, 6.07) is 30.9. The number of rotatable bonds is 32. The van der Waals surface area contributed by atoms with Crippen LogP contribution in [0.4, 0.5) is 0 Å². The number of ketones is 2. The second kappa shape index (κ2) is 29.8. The van der Waals surface area contributed by atoms with Gasteiger partial charge in [-0.2, -0.15) is 0 Å². The van der Waals surface area contributed by atoms with E-state index in [4.69, 9.17) is 32.5 Å². The number of methoxy groups -OCH3 is 1. The van der Waals surface area contributed by atoms with Crippen molar-refractivity contribution in [3.63, 3.8) is 0 Å². The summed E-state index contributed by atoms with van der Waals surface area (Å²) in [6.07, 6.45) is 7.09. The highest BCUT2D eigenvalue weighted by atomic mass is 31.2. The van der Waals surface area contributed by atoms with E-state index in [-0.39, 0.29) is 42.3 Å². The zero-order valence-electron chi connectivity index (χ0n) is 40.5. The lowest BCUT2D eigenvalue weighted by Gasteiger charge is -2.44. The van der Waals surface area contributed by atoms with Crippen LogP contribution < -0.4 is 9.05 Å². The number of hydrogen-bond acceptors (Lipinski definition) is 13. The van der Waals surface area contributed by atoms with Gasteiger partial charge in [0, 0.05) is 31.1 Å². The number of ether oxygens (including phenoxy) is 4. The monoisotopic (exact) mass is 970 g/mol. The van der Waals surface area contributed by atoms with Crippen LogP contribution in [0.25, 0.3) is 0 Å². The number of phosphoric ester groups is 1. The summed E-state index contributed by atoms with van der Waals surface area (Å²) in [4.78, 5) is 54.2. The molecule has 4 aromatic carbocycles. The number of aryl methyl sites for hydroxylation is 2. The number of aliphatic hydroxyl groups excluding tert-OH is 1. The fourth-order valence-corrected chi connectivity index (χ4v) is 9.55. The van der Waals surface area contributed by atoms with Gasteiger partial charge in [-0.1, -0.05) is 163 Å². The van der Waals surface area contributed by atoms with E-state index in [2.05, 4.69) is 13.8 Å². The minimum Gasteiger partial charge on any atom is -0.455 e. The highest BCUT2D eigenvalue weighted by Gasteiger charge is 2.54. The molecule has 1 heterocycles. The van der Waals surface area contributed by atoms with Gasteiger partial charge in [-0.05, 0) is 61.1 Å². The Morgan fingerprint density at radius 2 is 0.957 bits per heavy atom. The van der Waals surface area contributed by atoms with Crippen LogP contribution in [0.2, 0.25) is 0 Å². The van der Waals surface area contributed by atoms with E-state index >= 15 is 0 Å². The van der Waals surface area contributed by atoms with Crippen molar-refractivity contribution in [2.75, 3.05) is 13.7 Å². The van der Waals surface area contributed by atoms with Crippen LogP contribution in [0.3, 0.4) is 0 Å². The molecular weight excluding hydrogens is 900 g/mol. The number of phosphoric acid groups is 1. The molecule has 0 unspecified atom stereocenters. The molecule has 1 aliphatic heterocycles. The third-order valence-electron chi connectivity index (χ3n) is 12.0. The highest BCUT2D eigenvalue weighted by Crippen LogP contribution is 2.52. The normalized spacial score (nSPS) is 18.0. The number of Topliss-reactive ketones (excluding diaryl/α,β-unsaturated/α-hetero) is 2. The largest absolute Gasteiger partial charge is 0.588 e. The Bertz CT molecular complexity index is 2140. The molecule has 1 N–H and O–H groups in total. The molecule has 69 heavy (non-hydrogen) atoms. The summed E-state index contributed by atoms with van der Waals surface area (Å²) in [5.41, 5.74) is 3.14. The molecule has 0 bridgehead atoms. The van der Waals surface area contributed by atoms with Crippen molar-refractivity contribution in [3.8, 4) is 11.5 Å². The van der Waals surface area contributed by atoms with Gasteiger partial charge >= 0.3 is 19.8 Å². The van der Waals surface area contributed by atoms with Crippen molar-refractivity contribution >= 4 is 31.3 Å². The number of carbonyl (C=O) groups excluding carboxylic acids is 4. The molecular formula is C55H71O13P. The van der Waals surface area contributed by atoms with E-state index in [0.29, 0.717) is 11.1 Å². The molecule has 0 amide bonds. The maximum Gasteiger partial charge on any atom is 0.588 e. The predicted molar refractivity (Wildman–Crippen MR) is 263 cm³/mol. The first-order valence-corrected chi connectivity index (χ1v) is 26.2. The summed E-state index contributed by atoms with van der Waals surface area (Å²) in [5, 5.41) is 10.7. The molecule has 1 saturated heterocycles. The molecule has 374 valence electrons. The zero-order chi connectivity index (χ0) is 49.3. The Morgan fingerprint density at radius 3 is 1.38 bits per heavy atom. The minimum absolute atomic E-state index is 0.103. The molecule has 0 aromatic heterocycles. The summed E-state index contributed by atoms with van der Waals surface area (Å²) >= 11 is 0. The van der Waals surface area contributed by atoms with Gasteiger partial charge in [0.1, 0.15) is 23.7 Å². The van der Waals surface area contributed by atoms with E-state index in [1.165, 1.54) is 82.7 Å². The summed E-state index contributed by atoms with van der Waals surface area (Å²) in [6.45, 7) is 3.62.